The van der Waals surface area contributed by atoms with Crippen molar-refractivity contribution in [3.05, 3.63) is 6.33 Å². The number of ether oxygens (including phenoxy) is 1. The summed E-state index contributed by atoms with van der Waals surface area (Å²) in [7, 11) is 1.72. The minimum atomic E-state index is 0.831. The van der Waals surface area contributed by atoms with Crippen LogP contribution in [0.2, 0.25) is 0 Å². The van der Waals surface area contributed by atoms with Crippen molar-refractivity contribution in [3.8, 4) is 0 Å². The van der Waals surface area contributed by atoms with Crippen molar-refractivity contribution in [1.29, 1.82) is 0 Å². The maximum atomic E-state index is 4.93. The van der Waals surface area contributed by atoms with Crippen molar-refractivity contribution in [2.24, 2.45) is 0 Å². The van der Waals surface area contributed by atoms with Gasteiger partial charge in [0.1, 0.15) is 6.33 Å². The zero-order valence-electron chi connectivity index (χ0n) is 7.12. The van der Waals surface area contributed by atoms with Gasteiger partial charge in [0, 0.05) is 31.8 Å². The van der Waals surface area contributed by atoms with E-state index >= 15 is 0 Å². The molecule has 0 atom stereocenters. The molecule has 68 valence electrons. The Bertz CT molecular complexity index is 191. The van der Waals surface area contributed by atoms with E-state index in [1.54, 1.807) is 13.4 Å². The molecule has 0 radical (unpaired) electrons. The van der Waals surface area contributed by atoms with Gasteiger partial charge in [-0.3, -0.25) is 0 Å². The molecule has 0 fully saturated rings. The molecule has 5 heteroatoms. The van der Waals surface area contributed by atoms with Crippen molar-refractivity contribution in [3.63, 3.8) is 0 Å². The van der Waals surface area contributed by atoms with E-state index < -0.39 is 0 Å². The van der Waals surface area contributed by atoms with Crippen LogP contribution in [0.15, 0.2) is 6.33 Å². The minimum Gasteiger partial charge on any atom is -0.385 e. The van der Waals surface area contributed by atoms with Crippen LogP contribution in [0.5, 0.6) is 0 Å². The Balaban J connectivity index is 1.96. The quantitative estimate of drug-likeness (QED) is 0.683. The van der Waals surface area contributed by atoms with Crippen LogP contribution in [0.25, 0.3) is 0 Å². The normalized spacial score (nSPS) is 10.1. The van der Waals surface area contributed by atoms with Crippen LogP contribution in [0.4, 0.5) is 5.13 Å². The summed E-state index contributed by atoms with van der Waals surface area (Å²) in [6, 6.07) is 0. The number of nitrogens with one attached hydrogen (secondary N) is 1. The molecule has 1 N–H and O–H groups in total. The van der Waals surface area contributed by atoms with E-state index in [2.05, 4.69) is 14.7 Å². The van der Waals surface area contributed by atoms with Crippen LogP contribution >= 0.6 is 11.5 Å². The highest BCUT2D eigenvalue weighted by Crippen LogP contribution is 2.06. The third kappa shape index (κ3) is 3.64. The summed E-state index contributed by atoms with van der Waals surface area (Å²) in [5.74, 6) is 0. The lowest BCUT2D eigenvalue weighted by Crippen LogP contribution is -2.02. The summed E-state index contributed by atoms with van der Waals surface area (Å²) in [5, 5.41) is 4.07. The van der Waals surface area contributed by atoms with Gasteiger partial charge in [0.15, 0.2) is 0 Å². The van der Waals surface area contributed by atoms with Gasteiger partial charge in [0.2, 0.25) is 5.13 Å². The number of methoxy groups -OCH3 is 1. The van der Waals surface area contributed by atoms with Crippen LogP contribution < -0.4 is 5.32 Å². The summed E-state index contributed by atoms with van der Waals surface area (Å²) in [6.07, 6.45) is 3.75. The molecular formula is C7H13N3OS. The number of rotatable bonds is 6. The molecule has 1 aromatic heterocycles. The lowest BCUT2D eigenvalue weighted by Gasteiger charge is -2.00. The molecule has 0 aliphatic carbocycles. The summed E-state index contributed by atoms with van der Waals surface area (Å²) in [5.41, 5.74) is 0. The standard InChI is InChI=1S/C7H13N3OS/c1-11-5-3-2-4-8-7-9-6-10-12-7/h6H,2-5H2,1H3,(H,8,9,10). The first-order valence-corrected chi connectivity index (χ1v) is 4.70. The fraction of sp³-hybridized carbons (Fsp3) is 0.714. The molecule has 1 rings (SSSR count). The van der Waals surface area contributed by atoms with E-state index in [0.29, 0.717) is 0 Å². The molecule has 1 heterocycles. The fourth-order valence-corrected chi connectivity index (χ4v) is 1.27. The summed E-state index contributed by atoms with van der Waals surface area (Å²) in [6.45, 7) is 1.77. The second kappa shape index (κ2) is 5.91. The van der Waals surface area contributed by atoms with Crippen molar-refractivity contribution in [2.45, 2.75) is 12.8 Å². The Morgan fingerprint density at radius 1 is 1.58 bits per heavy atom. The van der Waals surface area contributed by atoms with E-state index in [1.165, 1.54) is 11.5 Å². The molecule has 0 spiro atoms. The topological polar surface area (TPSA) is 47.0 Å². The second-order valence-corrected chi connectivity index (χ2v) is 3.15. The molecule has 0 aliphatic rings. The number of nitrogens with zero attached hydrogens (tertiary/aromatic N) is 2. The van der Waals surface area contributed by atoms with Crippen LogP contribution in [0.3, 0.4) is 0 Å². The lowest BCUT2D eigenvalue weighted by atomic mass is 10.3. The van der Waals surface area contributed by atoms with Gasteiger partial charge in [0.25, 0.3) is 0 Å². The third-order valence-electron chi connectivity index (χ3n) is 1.41. The Morgan fingerprint density at radius 2 is 2.50 bits per heavy atom. The SMILES string of the molecule is COCCCCNc1ncns1. The van der Waals surface area contributed by atoms with Gasteiger partial charge in [-0.25, -0.2) is 4.98 Å². The number of aromatic nitrogens is 2. The maximum Gasteiger partial charge on any atom is 0.202 e. The first-order valence-electron chi connectivity index (χ1n) is 3.93. The maximum absolute atomic E-state index is 4.93. The highest BCUT2D eigenvalue weighted by Gasteiger charge is 1.93. The molecule has 4 nitrogen and oxygen atoms in total. The average Bonchev–Trinajstić information content (AvgIpc) is 2.57. The van der Waals surface area contributed by atoms with Crippen molar-refractivity contribution in [2.75, 3.05) is 25.6 Å². The molecule has 0 saturated heterocycles. The van der Waals surface area contributed by atoms with E-state index in [4.69, 9.17) is 4.74 Å². The molecular weight excluding hydrogens is 174 g/mol. The number of anilines is 1. The molecule has 0 bridgehead atoms. The Morgan fingerprint density at radius 3 is 3.17 bits per heavy atom. The van der Waals surface area contributed by atoms with Crippen LogP contribution in [-0.4, -0.2) is 29.6 Å². The predicted molar refractivity (Wildman–Crippen MR) is 49.5 cm³/mol. The summed E-state index contributed by atoms with van der Waals surface area (Å²) in [4.78, 5) is 4.00. The number of hydrogen-bond acceptors (Lipinski definition) is 5. The molecule has 0 amide bonds. The molecule has 0 saturated carbocycles. The van der Waals surface area contributed by atoms with Gasteiger partial charge in [-0.2, -0.15) is 4.37 Å². The smallest absolute Gasteiger partial charge is 0.202 e. The molecule has 1 aromatic rings. The van der Waals surface area contributed by atoms with Crippen LogP contribution in [0.1, 0.15) is 12.8 Å². The fourth-order valence-electron chi connectivity index (χ4n) is 0.818. The Hall–Kier alpha value is -0.680. The van der Waals surface area contributed by atoms with Gasteiger partial charge in [0.05, 0.1) is 0 Å². The zero-order chi connectivity index (χ0) is 8.65. The van der Waals surface area contributed by atoms with Crippen LogP contribution in [0, 0.1) is 0 Å². The summed E-state index contributed by atoms with van der Waals surface area (Å²) >= 11 is 1.38. The lowest BCUT2D eigenvalue weighted by molar-refractivity contribution is 0.194. The van der Waals surface area contributed by atoms with E-state index in [-0.39, 0.29) is 0 Å². The molecule has 12 heavy (non-hydrogen) atoms. The Kier molecular flexibility index (Phi) is 4.63. The molecule has 0 aromatic carbocycles. The second-order valence-electron chi connectivity index (χ2n) is 2.37. The monoisotopic (exact) mass is 187 g/mol. The largest absolute Gasteiger partial charge is 0.385 e. The van der Waals surface area contributed by atoms with Gasteiger partial charge in [-0.1, -0.05) is 0 Å². The predicted octanol–water partition coefficient (Wildman–Crippen LogP) is 1.38. The van der Waals surface area contributed by atoms with Crippen molar-refractivity contribution < 1.29 is 4.74 Å². The summed E-state index contributed by atoms with van der Waals surface area (Å²) < 4.78 is 8.81. The first-order chi connectivity index (χ1) is 5.93. The number of unbranched alkanes of at least 4 members (excludes halogenated alkanes) is 1. The van der Waals surface area contributed by atoms with E-state index in [0.717, 1.165) is 31.1 Å². The van der Waals surface area contributed by atoms with Gasteiger partial charge in [-0.15, -0.1) is 0 Å². The Labute approximate surface area is 76.1 Å². The average molecular weight is 187 g/mol. The molecule has 0 unspecified atom stereocenters. The van der Waals surface area contributed by atoms with E-state index in [9.17, 15) is 0 Å². The minimum absolute atomic E-state index is 0.831. The van der Waals surface area contributed by atoms with Crippen molar-refractivity contribution in [1.82, 2.24) is 9.36 Å². The van der Waals surface area contributed by atoms with Crippen LogP contribution in [-0.2, 0) is 4.74 Å². The van der Waals surface area contributed by atoms with Crippen molar-refractivity contribution >= 4 is 16.7 Å². The third-order valence-corrected chi connectivity index (χ3v) is 2.04. The zero-order valence-corrected chi connectivity index (χ0v) is 7.93. The van der Waals surface area contributed by atoms with Gasteiger partial charge in [-0.05, 0) is 12.8 Å². The highest BCUT2D eigenvalue weighted by molar-refractivity contribution is 7.09. The highest BCUT2D eigenvalue weighted by atomic mass is 32.1. The van der Waals surface area contributed by atoms with Gasteiger partial charge >= 0.3 is 0 Å². The molecule has 0 aliphatic heterocycles. The number of hydrogen-bond donors (Lipinski definition) is 1. The van der Waals surface area contributed by atoms with E-state index in [1.807, 2.05) is 0 Å². The first kappa shape index (κ1) is 9.41. The van der Waals surface area contributed by atoms with Gasteiger partial charge < -0.3 is 10.1 Å².